The van der Waals surface area contributed by atoms with Crippen LogP contribution in [0.2, 0.25) is 0 Å². The van der Waals surface area contributed by atoms with Gasteiger partial charge in [0.25, 0.3) is 0 Å². The summed E-state index contributed by atoms with van der Waals surface area (Å²) in [5.41, 5.74) is 0. The van der Waals surface area contributed by atoms with Crippen molar-refractivity contribution in [3.8, 4) is 12.3 Å². The number of nitrogens with zero attached hydrogens (tertiary/aromatic N) is 1. The SMILES string of the molecule is C#CCNCC(=O)NC1CCN(C)C1. The van der Waals surface area contributed by atoms with Gasteiger partial charge in [-0.05, 0) is 20.0 Å². The Labute approximate surface area is 85.0 Å². The molecule has 1 atom stereocenters. The van der Waals surface area contributed by atoms with Gasteiger partial charge in [0, 0.05) is 12.6 Å². The van der Waals surface area contributed by atoms with E-state index in [4.69, 9.17) is 6.42 Å². The van der Waals surface area contributed by atoms with Gasteiger partial charge in [-0.25, -0.2) is 0 Å². The molecule has 0 aromatic rings. The van der Waals surface area contributed by atoms with Crippen molar-refractivity contribution in [2.75, 3.05) is 33.2 Å². The van der Waals surface area contributed by atoms with Gasteiger partial charge in [-0.3, -0.25) is 10.1 Å². The summed E-state index contributed by atoms with van der Waals surface area (Å²) in [4.78, 5) is 13.5. The average molecular weight is 195 g/mol. The van der Waals surface area contributed by atoms with Gasteiger partial charge in [-0.1, -0.05) is 5.92 Å². The van der Waals surface area contributed by atoms with Crippen LogP contribution in [0.3, 0.4) is 0 Å². The molecule has 1 fully saturated rings. The Hall–Kier alpha value is -1.05. The number of hydrogen-bond donors (Lipinski definition) is 2. The smallest absolute Gasteiger partial charge is 0.234 e. The third-order valence-electron chi connectivity index (χ3n) is 2.27. The number of likely N-dealkylation sites (N-methyl/N-ethyl adjacent to an activating group) is 1. The Balaban J connectivity index is 2.11. The maximum Gasteiger partial charge on any atom is 0.234 e. The molecule has 0 aromatic heterocycles. The largest absolute Gasteiger partial charge is 0.351 e. The molecular weight excluding hydrogens is 178 g/mol. The van der Waals surface area contributed by atoms with E-state index in [0.29, 0.717) is 19.1 Å². The third-order valence-corrected chi connectivity index (χ3v) is 2.27. The molecule has 0 spiro atoms. The van der Waals surface area contributed by atoms with Crippen LogP contribution in [0, 0.1) is 12.3 Å². The van der Waals surface area contributed by atoms with Crippen molar-refractivity contribution in [3.63, 3.8) is 0 Å². The molecule has 0 saturated carbocycles. The fourth-order valence-electron chi connectivity index (χ4n) is 1.58. The summed E-state index contributed by atoms with van der Waals surface area (Å²) in [7, 11) is 2.06. The first-order chi connectivity index (χ1) is 6.72. The third kappa shape index (κ3) is 3.77. The molecule has 1 saturated heterocycles. The van der Waals surface area contributed by atoms with Crippen LogP contribution in [0.1, 0.15) is 6.42 Å². The van der Waals surface area contributed by atoms with E-state index < -0.39 is 0 Å². The van der Waals surface area contributed by atoms with Crippen LogP contribution in [-0.2, 0) is 4.79 Å². The quantitative estimate of drug-likeness (QED) is 0.448. The van der Waals surface area contributed by atoms with E-state index in [0.717, 1.165) is 19.5 Å². The van der Waals surface area contributed by atoms with Gasteiger partial charge in [-0.2, -0.15) is 0 Å². The molecule has 78 valence electrons. The van der Waals surface area contributed by atoms with Crippen LogP contribution >= 0.6 is 0 Å². The predicted molar refractivity (Wildman–Crippen MR) is 55.7 cm³/mol. The number of amides is 1. The summed E-state index contributed by atoms with van der Waals surface area (Å²) in [6.45, 7) is 2.76. The number of carbonyl (C=O) groups is 1. The topological polar surface area (TPSA) is 44.4 Å². The maximum atomic E-state index is 11.3. The van der Waals surface area contributed by atoms with Gasteiger partial charge in [0.1, 0.15) is 0 Å². The standard InChI is InChI=1S/C10H17N3O/c1-3-5-11-7-10(14)12-9-4-6-13(2)8-9/h1,9,11H,4-8H2,2H3,(H,12,14). The first-order valence-corrected chi connectivity index (χ1v) is 4.84. The van der Waals surface area contributed by atoms with Crippen LogP contribution in [-0.4, -0.2) is 50.1 Å². The molecule has 0 radical (unpaired) electrons. The second-order valence-corrected chi connectivity index (χ2v) is 3.62. The molecule has 0 aliphatic carbocycles. The molecule has 4 heteroatoms. The van der Waals surface area contributed by atoms with Gasteiger partial charge < -0.3 is 10.2 Å². The molecular formula is C10H17N3O. The van der Waals surface area contributed by atoms with E-state index in [9.17, 15) is 4.79 Å². The second kappa shape index (κ2) is 5.63. The lowest BCUT2D eigenvalue weighted by Crippen LogP contribution is -2.41. The second-order valence-electron chi connectivity index (χ2n) is 3.62. The molecule has 0 aromatic carbocycles. The first kappa shape index (κ1) is 11.0. The van der Waals surface area contributed by atoms with Gasteiger partial charge in [-0.15, -0.1) is 6.42 Å². The molecule has 1 aliphatic heterocycles. The Morgan fingerprint density at radius 1 is 1.71 bits per heavy atom. The number of rotatable bonds is 4. The van der Waals surface area contributed by atoms with Gasteiger partial charge in [0.05, 0.1) is 13.1 Å². The van der Waals surface area contributed by atoms with Crippen LogP contribution in [0.4, 0.5) is 0 Å². The van der Waals surface area contributed by atoms with E-state index in [1.165, 1.54) is 0 Å². The normalized spacial score (nSPS) is 21.9. The summed E-state index contributed by atoms with van der Waals surface area (Å²) >= 11 is 0. The summed E-state index contributed by atoms with van der Waals surface area (Å²) in [5.74, 6) is 2.45. The average Bonchev–Trinajstić information content (AvgIpc) is 2.52. The van der Waals surface area contributed by atoms with Crippen molar-refractivity contribution in [1.29, 1.82) is 0 Å². The molecule has 14 heavy (non-hydrogen) atoms. The van der Waals surface area contributed by atoms with Crippen LogP contribution < -0.4 is 10.6 Å². The minimum atomic E-state index is 0.0283. The van der Waals surface area contributed by atoms with Crippen molar-refractivity contribution < 1.29 is 4.79 Å². The van der Waals surface area contributed by atoms with Crippen molar-refractivity contribution in [1.82, 2.24) is 15.5 Å². The number of nitrogens with one attached hydrogen (secondary N) is 2. The molecule has 1 aliphatic rings. The highest BCUT2D eigenvalue weighted by Gasteiger charge is 2.20. The predicted octanol–water partition coefficient (Wildman–Crippen LogP) is -0.970. The van der Waals surface area contributed by atoms with Gasteiger partial charge in [0.15, 0.2) is 0 Å². The lowest BCUT2D eigenvalue weighted by Gasteiger charge is -2.12. The summed E-state index contributed by atoms with van der Waals surface area (Å²) in [5, 5.41) is 5.81. The zero-order valence-electron chi connectivity index (χ0n) is 8.55. The Kier molecular flexibility index (Phi) is 4.44. The van der Waals surface area contributed by atoms with E-state index in [2.05, 4.69) is 28.5 Å². The Bertz CT molecular complexity index is 234. The molecule has 2 N–H and O–H groups in total. The first-order valence-electron chi connectivity index (χ1n) is 4.84. The molecule has 1 rings (SSSR count). The van der Waals surface area contributed by atoms with Crippen LogP contribution in [0.25, 0.3) is 0 Å². The number of terminal acetylenes is 1. The fourth-order valence-corrected chi connectivity index (χ4v) is 1.58. The number of carbonyl (C=O) groups excluding carboxylic acids is 1. The summed E-state index contributed by atoms with van der Waals surface area (Å²) in [6.07, 6.45) is 6.08. The van der Waals surface area contributed by atoms with E-state index in [1.807, 2.05) is 0 Å². The number of hydrogen-bond acceptors (Lipinski definition) is 3. The highest BCUT2D eigenvalue weighted by molar-refractivity contribution is 5.78. The van der Waals surface area contributed by atoms with Crippen molar-refractivity contribution >= 4 is 5.91 Å². The highest BCUT2D eigenvalue weighted by Crippen LogP contribution is 2.05. The van der Waals surface area contributed by atoms with Crippen molar-refractivity contribution in [2.45, 2.75) is 12.5 Å². The van der Waals surface area contributed by atoms with Crippen LogP contribution in [0.15, 0.2) is 0 Å². The Morgan fingerprint density at radius 3 is 3.07 bits per heavy atom. The minimum Gasteiger partial charge on any atom is -0.351 e. The monoisotopic (exact) mass is 195 g/mol. The van der Waals surface area contributed by atoms with Crippen molar-refractivity contribution in [2.24, 2.45) is 0 Å². The summed E-state index contributed by atoms with van der Waals surface area (Å²) in [6, 6.07) is 0.306. The van der Waals surface area contributed by atoms with Gasteiger partial charge >= 0.3 is 0 Å². The fraction of sp³-hybridized carbons (Fsp3) is 0.700. The molecule has 4 nitrogen and oxygen atoms in total. The summed E-state index contributed by atoms with van der Waals surface area (Å²) < 4.78 is 0. The number of likely N-dealkylation sites (tertiary alicyclic amines) is 1. The van der Waals surface area contributed by atoms with E-state index in [-0.39, 0.29) is 5.91 Å². The van der Waals surface area contributed by atoms with Crippen molar-refractivity contribution in [3.05, 3.63) is 0 Å². The Morgan fingerprint density at radius 2 is 2.50 bits per heavy atom. The maximum absolute atomic E-state index is 11.3. The zero-order valence-corrected chi connectivity index (χ0v) is 8.55. The van der Waals surface area contributed by atoms with Crippen LogP contribution in [0.5, 0.6) is 0 Å². The lowest BCUT2D eigenvalue weighted by atomic mass is 10.2. The minimum absolute atomic E-state index is 0.0283. The molecule has 1 amide bonds. The van der Waals surface area contributed by atoms with Gasteiger partial charge in [0.2, 0.25) is 5.91 Å². The highest BCUT2D eigenvalue weighted by atomic mass is 16.2. The molecule has 1 heterocycles. The molecule has 1 unspecified atom stereocenters. The lowest BCUT2D eigenvalue weighted by molar-refractivity contribution is -0.120. The van der Waals surface area contributed by atoms with E-state index in [1.54, 1.807) is 0 Å². The van der Waals surface area contributed by atoms with E-state index >= 15 is 0 Å². The molecule has 0 bridgehead atoms. The zero-order chi connectivity index (χ0) is 10.4.